The van der Waals surface area contributed by atoms with Crippen molar-refractivity contribution in [2.24, 2.45) is 0 Å². The molecule has 4 nitrogen and oxygen atoms in total. The number of halogens is 2. The predicted octanol–water partition coefficient (Wildman–Crippen LogP) is -12.9. The van der Waals surface area contributed by atoms with Crippen molar-refractivity contribution in [1.82, 2.24) is 0 Å². The zero-order valence-corrected chi connectivity index (χ0v) is 48.0. The van der Waals surface area contributed by atoms with E-state index in [2.05, 4.69) is 0 Å². The predicted molar refractivity (Wildman–Crippen MR) is 407 cm³/mol. The standard InChI is InChI=1S/C26H27F2NO3S.B49/c1-17-4-13-26(18(2)14-17)33(30,31)29-22(9-6-19-5-8-21(27)16-25(19)29)10-7-20-15-23(32-3)11-12-24(20)28;1-26-39(27(2)3)45(38(24)25)48(44(36(20)21)37(22)23)49(46(40(28(4)5)29(6)7)41(30(8)9)31(10)11)47(42(32(12)13)33(14)15)43(34(16)17)35(18)19/h4-5,8,11-16,22H,6-7,9-10H2,1-3H3;. The Kier molecular flexibility index (Phi) is 32.1. The maximum Gasteiger partial charge on any atom is 0.264 e. The van der Waals surface area contributed by atoms with Crippen LogP contribution >= 0.6 is 0 Å². The molecule has 3 aromatic carbocycles. The summed E-state index contributed by atoms with van der Waals surface area (Å²) in [5.41, 5.74) is 3.20. The zero-order valence-electron chi connectivity index (χ0n) is 47.2. The van der Waals surface area contributed by atoms with Crippen molar-refractivity contribution in [1.29, 1.82) is 0 Å². The normalized spacial score (nSPS) is 12.2. The highest BCUT2D eigenvalue weighted by atomic mass is 32.2. The Labute approximate surface area is 536 Å². The van der Waals surface area contributed by atoms with E-state index in [1.54, 1.807) is 37.3 Å². The Bertz CT molecular complexity index is 2410. The van der Waals surface area contributed by atoms with Crippen LogP contribution < -0.4 is 9.04 Å². The SMILES string of the molecule is COc1ccc(F)c(CCC2CCc3ccc(F)cc3N2S(=O)(=O)c2ccc(C)cc2C)c1.[B][B]B(B([B])[B])B(B([B])[B])B(B(B([B])[B])B([B])[B])B(B(B(B([B])[B])B([B])[B])B(B([B])[B])B([B])[B])B(B(B([B])[B])B([B])[B])B(B([B])[B])B([B])[B]. The average molecular weight is 1000 g/mol. The molecule has 4 rings (SSSR count). The third-order valence-electron chi connectivity index (χ3n) is 16.2. The lowest BCUT2D eigenvalue weighted by Gasteiger charge is -2.56. The fourth-order valence-corrected chi connectivity index (χ4v) is 14.7. The van der Waals surface area contributed by atoms with E-state index < -0.39 is 169 Å². The van der Waals surface area contributed by atoms with Gasteiger partial charge in [0.15, 0.2) is 0 Å². The summed E-state index contributed by atoms with van der Waals surface area (Å²) in [4.78, 5) is 0.197. The summed E-state index contributed by atoms with van der Waals surface area (Å²) in [7, 11) is 159. The molecule has 82 heavy (non-hydrogen) atoms. The van der Waals surface area contributed by atoms with Crippen molar-refractivity contribution in [2.45, 2.75) is 50.5 Å². The average Bonchev–Trinajstić information content (AvgIpc) is 3.55. The molecule has 0 aromatic heterocycles. The van der Waals surface area contributed by atoms with Crippen LogP contribution in [0.25, 0.3) is 0 Å². The van der Waals surface area contributed by atoms with Crippen molar-refractivity contribution in [2.75, 3.05) is 11.4 Å². The van der Waals surface area contributed by atoms with Crippen molar-refractivity contribution in [3.63, 3.8) is 0 Å². The zero-order chi connectivity index (χ0) is 62.7. The van der Waals surface area contributed by atoms with Gasteiger partial charge in [0, 0.05) is 353 Å². The maximum absolute atomic E-state index is 14.4. The quantitative estimate of drug-likeness (QED) is 0.0651. The Morgan fingerprint density at radius 1 is 0.524 bits per heavy atom. The van der Waals surface area contributed by atoms with Crippen LogP contribution in [-0.4, -0.2) is 369 Å². The molecule has 321 valence electrons. The summed E-state index contributed by atoms with van der Waals surface area (Å²) < 4.78 is 63.0. The molecule has 1 atom stereocenters. The highest BCUT2D eigenvalue weighted by molar-refractivity contribution is 8.35. The van der Waals surface area contributed by atoms with Gasteiger partial charge >= 0.3 is 0 Å². The first-order chi connectivity index (χ1) is 38.0. The van der Waals surface area contributed by atoms with E-state index in [1.165, 1.54) is 36.7 Å². The van der Waals surface area contributed by atoms with Crippen molar-refractivity contribution < 1.29 is 21.9 Å². The van der Waals surface area contributed by atoms with Crippen LogP contribution in [0.3, 0.4) is 0 Å². The Hall–Kier alpha value is 0.252. The lowest BCUT2D eigenvalue weighted by molar-refractivity contribution is 0.412. The van der Waals surface area contributed by atoms with E-state index >= 15 is 0 Å². The van der Waals surface area contributed by atoms with Crippen LogP contribution in [-0.2, 0) is 22.9 Å². The van der Waals surface area contributed by atoms with Gasteiger partial charge in [0.05, 0.1) is 17.7 Å². The molecule has 0 amide bonds. The number of hydrogen-bond acceptors (Lipinski definition) is 3. The van der Waals surface area contributed by atoms with Crippen LogP contribution in [0.1, 0.15) is 35.1 Å². The third-order valence-corrected chi connectivity index (χ3v) is 18.3. The second-order valence-corrected chi connectivity index (χ2v) is 23.8. The smallest absolute Gasteiger partial charge is 0.264 e. The molecule has 0 N–H and O–H groups in total. The Morgan fingerprint density at radius 3 is 1.29 bits per heavy atom. The van der Waals surface area contributed by atoms with E-state index in [1.807, 2.05) is 13.0 Å². The van der Waals surface area contributed by atoms with Crippen molar-refractivity contribution in [3.05, 3.63) is 88.5 Å². The molecule has 51 radical (unpaired) electrons. The lowest BCUT2D eigenvalue weighted by atomic mass is 8.25. The molecule has 0 aliphatic carbocycles. The van der Waals surface area contributed by atoms with Gasteiger partial charge < -0.3 is 4.74 Å². The van der Waals surface area contributed by atoms with E-state index in [4.69, 9.17) is 198 Å². The summed E-state index contributed by atoms with van der Waals surface area (Å²) in [5, 5.41) is 0. The summed E-state index contributed by atoms with van der Waals surface area (Å²) in [5.74, 6) is -0.307. The summed E-state index contributed by atoms with van der Waals surface area (Å²) >= 11 is 0. The minimum absolute atomic E-state index is 0.197. The first-order valence-electron chi connectivity index (χ1n) is 26.9. The molecular formula is C26H27B49F2NO3S. The van der Waals surface area contributed by atoms with E-state index in [0.717, 1.165) is 11.1 Å². The molecule has 0 spiro atoms. The van der Waals surface area contributed by atoms with Gasteiger partial charge in [-0.25, -0.2) is 17.2 Å². The monoisotopic (exact) mass is 1010 g/mol. The molecule has 3 aromatic rings. The van der Waals surface area contributed by atoms with Gasteiger partial charge in [-0.3, -0.25) is 4.31 Å². The van der Waals surface area contributed by atoms with Crippen LogP contribution in [0, 0.1) is 25.5 Å². The number of methoxy groups -OCH3 is 1. The van der Waals surface area contributed by atoms with E-state index in [-0.39, 0.29) is 10.7 Å². The molecule has 0 fully saturated rings. The fourth-order valence-electron chi connectivity index (χ4n) is 12.8. The number of hydrogen-bond donors (Lipinski definition) is 0. The van der Waals surface area contributed by atoms with E-state index in [0.29, 0.717) is 48.2 Å². The molecule has 0 bridgehead atoms. The second-order valence-electron chi connectivity index (χ2n) is 22.0. The molecule has 1 heterocycles. The minimum Gasteiger partial charge on any atom is -0.497 e. The number of ether oxygens (including phenoxy) is 1. The number of aryl methyl sites for hydroxylation is 4. The van der Waals surface area contributed by atoms with Crippen LogP contribution in [0.2, 0.25) is 0 Å². The highest BCUT2D eigenvalue weighted by Crippen LogP contribution is 2.39. The van der Waals surface area contributed by atoms with Crippen molar-refractivity contribution >= 4 is 363 Å². The van der Waals surface area contributed by atoms with E-state index in [9.17, 15) is 17.2 Å². The number of sulfonamides is 1. The van der Waals surface area contributed by atoms with Crippen LogP contribution in [0.15, 0.2) is 59.5 Å². The molecule has 1 aliphatic heterocycles. The van der Waals surface area contributed by atoms with Gasteiger partial charge in [0.2, 0.25) is 0 Å². The number of anilines is 1. The molecule has 0 saturated carbocycles. The fraction of sp³-hybridized carbons (Fsp3) is 0.308. The second kappa shape index (κ2) is 34.4. The topological polar surface area (TPSA) is 46.6 Å². The van der Waals surface area contributed by atoms with Gasteiger partial charge in [-0.05, 0) is 92.6 Å². The lowest BCUT2D eigenvalue weighted by Crippen LogP contribution is -2.95. The summed E-state index contributed by atoms with van der Waals surface area (Å²) in [6, 6.07) is 13.6. The molecular weight excluding hydrogens is 974 g/mol. The Morgan fingerprint density at radius 2 is 0.927 bits per heavy atom. The summed E-state index contributed by atoms with van der Waals surface area (Å²) in [6.07, 6.45) is -26.8. The number of benzene rings is 3. The maximum atomic E-state index is 14.4. The highest BCUT2D eigenvalue weighted by Gasteiger charge is 2.60. The number of nitrogens with zero attached hydrogens (tertiary/aromatic N) is 1. The minimum atomic E-state index is -3.97. The van der Waals surface area contributed by atoms with Crippen LogP contribution in [0.4, 0.5) is 14.5 Å². The van der Waals surface area contributed by atoms with Gasteiger partial charge in [0.1, 0.15) is 17.4 Å². The number of fused-ring (bicyclic) bond motifs is 1. The largest absolute Gasteiger partial charge is 0.497 e. The Balaban J connectivity index is 0.000000460. The molecule has 0 saturated heterocycles. The van der Waals surface area contributed by atoms with Crippen molar-refractivity contribution in [3.8, 4) is 5.75 Å². The third kappa shape index (κ3) is 19.4. The number of rotatable bonds is 29. The molecule has 1 aliphatic rings. The van der Waals surface area contributed by atoms with Gasteiger partial charge in [-0.2, -0.15) is 0 Å². The molecule has 56 heteroatoms. The van der Waals surface area contributed by atoms with Gasteiger partial charge in [0.25, 0.3) is 10.0 Å². The summed E-state index contributed by atoms with van der Waals surface area (Å²) in [6.45, 7) is 3.66. The van der Waals surface area contributed by atoms with Gasteiger partial charge in [-0.15, -0.1) is 0 Å². The van der Waals surface area contributed by atoms with Crippen LogP contribution in [0.5, 0.6) is 5.75 Å². The first-order valence-corrected chi connectivity index (χ1v) is 28.4. The van der Waals surface area contributed by atoms with Gasteiger partial charge in [-0.1, -0.05) is 23.8 Å². The first kappa shape index (κ1) is 76.5. The molecule has 1 unspecified atom stereocenters.